The Morgan fingerprint density at radius 2 is 1.91 bits per heavy atom. The highest BCUT2D eigenvalue weighted by atomic mass is 35.5. The number of hydrogen-bond donors (Lipinski definition) is 1. The molecule has 0 aliphatic carbocycles. The van der Waals surface area contributed by atoms with E-state index in [1.807, 2.05) is 76.2 Å². The Morgan fingerprint density at radius 3 is 2.42 bits per heavy atom. The fraction of sp³-hybridized carbons (Fsp3) is 0.320. The summed E-state index contributed by atoms with van der Waals surface area (Å²) in [5.74, 6) is 1.65. The van der Waals surface area contributed by atoms with Crippen molar-refractivity contribution < 1.29 is 14.3 Å². The highest BCUT2D eigenvalue weighted by molar-refractivity contribution is 7.16. The van der Waals surface area contributed by atoms with Crippen molar-refractivity contribution in [3.8, 4) is 11.5 Å². The van der Waals surface area contributed by atoms with Crippen LogP contribution in [0.15, 0.2) is 54.7 Å². The number of carbonyl (C=O) groups excluding carboxylic acids is 2. The van der Waals surface area contributed by atoms with Gasteiger partial charge in [0.25, 0.3) is 0 Å². The number of pyridine rings is 1. The molecule has 0 bridgehead atoms. The zero-order chi connectivity index (χ0) is 24.2. The van der Waals surface area contributed by atoms with E-state index < -0.39 is 0 Å². The van der Waals surface area contributed by atoms with E-state index in [0.717, 1.165) is 46.5 Å². The maximum absolute atomic E-state index is 12.2. The summed E-state index contributed by atoms with van der Waals surface area (Å²) < 4.78 is 6.67. The summed E-state index contributed by atoms with van der Waals surface area (Å²) in [4.78, 5) is 27.7. The van der Waals surface area contributed by atoms with Crippen LogP contribution in [0.4, 0.5) is 0 Å². The molecule has 176 valence electrons. The highest BCUT2D eigenvalue weighted by Crippen LogP contribution is 2.22. The lowest BCUT2D eigenvalue weighted by Gasteiger charge is -2.18. The average Bonchev–Trinajstić information content (AvgIpc) is 3.42. The molecular formula is C25H30ClN3O3S. The van der Waals surface area contributed by atoms with Crippen LogP contribution in [0, 0.1) is 13.8 Å². The Morgan fingerprint density at radius 1 is 1.18 bits per heavy atom. The van der Waals surface area contributed by atoms with Crippen LogP contribution >= 0.6 is 22.9 Å². The van der Waals surface area contributed by atoms with E-state index in [4.69, 9.17) is 21.1 Å². The SMILES string of the molecule is C=O.Cc1cc(Oc2ccc(CNC(=O)C3CCCN3C)cc2)ccn1.Cc1ccc(Cl)s1. The van der Waals surface area contributed by atoms with Crippen molar-refractivity contribution in [3.05, 3.63) is 75.2 Å². The predicted octanol–water partition coefficient (Wildman–Crippen LogP) is 5.42. The molecule has 1 atom stereocenters. The van der Waals surface area contributed by atoms with Gasteiger partial charge in [-0.15, -0.1) is 11.3 Å². The fourth-order valence-corrected chi connectivity index (χ4v) is 4.36. The zero-order valence-corrected chi connectivity index (χ0v) is 20.8. The van der Waals surface area contributed by atoms with Gasteiger partial charge in [-0.1, -0.05) is 23.7 Å². The molecule has 8 heteroatoms. The first-order chi connectivity index (χ1) is 15.9. The van der Waals surface area contributed by atoms with Crippen LogP contribution in [0.25, 0.3) is 0 Å². The van der Waals surface area contributed by atoms with Gasteiger partial charge in [-0.2, -0.15) is 0 Å². The largest absolute Gasteiger partial charge is 0.457 e. The van der Waals surface area contributed by atoms with E-state index in [2.05, 4.69) is 15.2 Å². The van der Waals surface area contributed by atoms with Crippen molar-refractivity contribution in [1.82, 2.24) is 15.2 Å². The van der Waals surface area contributed by atoms with Gasteiger partial charge < -0.3 is 14.8 Å². The van der Waals surface area contributed by atoms with Gasteiger partial charge in [0.05, 0.1) is 10.4 Å². The van der Waals surface area contributed by atoms with Gasteiger partial charge in [0.2, 0.25) is 5.91 Å². The molecule has 0 saturated carbocycles. The molecule has 4 rings (SSSR count). The molecule has 1 unspecified atom stereocenters. The fourth-order valence-electron chi connectivity index (χ4n) is 3.35. The Bertz CT molecular complexity index is 994. The molecule has 1 fully saturated rings. The van der Waals surface area contributed by atoms with Crippen LogP contribution < -0.4 is 10.1 Å². The molecule has 0 spiro atoms. The summed E-state index contributed by atoms with van der Waals surface area (Å²) in [6.45, 7) is 7.51. The molecule has 1 amide bonds. The van der Waals surface area contributed by atoms with Crippen LogP contribution in [0.1, 0.15) is 29.0 Å². The molecule has 1 aliphatic rings. The molecule has 1 saturated heterocycles. The number of thiophene rings is 1. The van der Waals surface area contributed by atoms with Crippen LogP contribution in [-0.4, -0.2) is 42.2 Å². The smallest absolute Gasteiger partial charge is 0.237 e. The Labute approximate surface area is 204 Å². The van der Waals surface area contributed by atoms with Crippen LogP contribution in [0.2, 0.25) is 4.34 Å². The first-order valence-corrected chi connectivity index (χ1v) is 11.8. The topological polar surface area (TPSA) is 71.5 Å². The molecule has 3 heterocycles. The molecule has 2 aromatic heterocycles. The van der Waals surface area contributed by atoms with Crippen LogP contribution in [0.5, 0.6) is 11.5 Å². The van der Waals surface area contributed by atoms with E-state index in [1.54, 1.807) is 17.5 Å². The average molecular weight is 488 g/mol. The third kappa shape index (κ3) is 8.96. The van der Waals surface area contributed by atoms with Gasteiger partial charge in [0.1, 0.15) is 18.3 Å². The minimum atomic E-state index is 0.0162. The Balaban J connectivity index is 0.000000362. The van der Waals surface area contributed by atoms with E-state index in [0.29, 0.717) is 6.54 Å². The molecule has 0 radical (unpaired) electrons. The lowest BCUT2D eigenvalue weighted by molar-refractivity contribution is -0.125. The molecule has 1 N–H and O–H groups in total. The van der Waals surface area contributed by atoms with Crippen molar-refractivity contribution in [3.63, 3.8) is 0 Å². The molecule has 3 aromatic rings. The lowest BCUT2D eigenvalue weighted by atomic mass is 10.2. The van der Waals surface area contributed by atoms with Gasteiger partial charge in [-0.25, -0.2) is 0 Å². The maximum atomic E-state index is 12.2. The zero-order valence-electron chi connectivity index (χ0n) is 19.2. The third-order valence-electron chi connectivity index (χ3n) is 5.02. The highest BCUT2D eigenvalue weighted by Gasteiger charge is 2.27. The van der Waals surface area contributed by atoms with Gasteiger partial charge in [-0.05, 0) is 76.2 Å². The number of halogens is 1. The number of nitrogens with one attached hydrogen (secondary N) is 1. The molecule has 1 aromatic carbocycles. The minimum absolute atomic E-state index is 0.0162. The van der Waals surface area contributed by atoms with E-state index >= 15 is 0 Å². The summed E-state index contributed by atoms with van der Waals surface area (Å²) in [5, 5.41) is 3.02. The quantitative estimate of drug-likeness (QED) is 0.520. The second-order valence-electron chi connectivity index (χ2n) is 7.59. The van der Waals surface area contributed by atoms with Gasteiger partial charge in [-0.3, -0.25) is 14.7 Å². The van der Waals surface area contributed by atoms with Crippen molar-refractivity contribution in [2.24, 2.45) is 0 Å². The third-order valence-corrected chi connectivity index (χ3v) is 6.17. The molecule has 6 nitrogen and oxygen atoms in total. The number of rotatable bonds is 5. The molecular weight excluding hydrogens is 458 g/mol. The lowest BCUT2D eigenvalue weighted by Crippen LogP contribution is -2.41. The summed E-state index contributed by atoms with van der Waals surface area (Å²) in [5.41, 5.74) is 1.98. The normalized spacial score (nSPS) is 15.0. The molecule has 1 aliphatic heterocycles. The number of amides is 1. The monoisotopic (exact) mass is 487 g/mol. The summed E-state index contributed by atoms with van der Waals surface area (Å²) >= 11 is 7.19. The van der Waals surface area contributed by atoms with Crippen molar-refractivity contribution >= 4 is 35.6 Å². The van der Waals surface area contributed by atoms with E-state index in [1.165, 1.54) is 4.88 Å². The van der Waals surface area contributed by atoms with Gasteiger partial charge in [0.15, 0.2) is 0 Å². The number of likely N-dealkylation sites (N-methyl/N-ethyl adjacent to an activating group) is 1. The maximum Gasteiger partial charge on any atom is 0.237 e. The first-order valence-electron chi connectivity index (χ1n) is 10.6. The number of benzene rings is 1. The van der Waals surface area contributed by atoms with Gasteiger partial charge >= 0.3 is 0 Å². The number of ether oxygens (including phenoxy) is 1. The van der Waals surface area contributed by atoms with Crippen LogP contribution in [0.3, 0.4) is 0 Å². The molecule has 33 heavy (non-hydrogen) atoms. The van der Waals surface area contributed by atoms with Crippen LogP contribution in [-0.2, 0) is 16.1 Å². The van der Waals surface area contributed by atoms with E-state index in [9.17, 15) is 4.79 Å². The summed E-state index contributed by atoms with van der Waals surface area (Å²) in [6, 6.07) is 15.4. The number of aromatic nitrogens is 1. The summed E-state index contributed by atoms with van der Waals surface area (Å²) in [6.07, 6.45) is 3.77. The van der Waals surface area contributed by atoms with Gasteiger partial charge in [0, 0.05) is 29.4 Å². The number of carbonyl (C=O) groups is 2. The second kappa shape index (κ2) is 13.7. The van der Waals surface area contributed by atoms with Crippen molar-refractivity contribution in [1.29, 1.82) is 0 Å². The summed E-state index contributed by atoms with van der Waals surface area (Å²) in [7, 11) is 2.00. The number of likely N-dealkylation sites (tertiary alicyclic amines) is 1. The first kappa shape index (κ1) is 26.5. The predicted molar refractivity (Wildman–Crippen MR) is 134 cm³/mol. The van der Waals surface area contributed by atoms with Crippen molar-refractivity contribution in [2.75, 3.05) is 13.6 Å². The Hall–Kier alpha value is -2.74. The standard InChI is InChI=1S/C19H23N3O2.C5H5ClS.CH2O/c1-14-12-17(9-10-20-14)24-16-7-5-15(6-8-16)13-21-19(23)18-4-3-11-22(18)2;1-4-2-3-5(6)7-4;1-2/h5-10,12,18H,3-4,11,13H2,1-2H3,(H,21,23);2-3H,1H3;1H2. The second-order valence-corrected chi connectivity index (χ2v) is 9.50. The number of nitrogens with zero attached hydrogens (tertiary/aromatic N) is 2. The Kier molecular flexibility index (Phi) is 11.0. The number of hydrogen-bond acceptors (Lipinski definition) is 6. The van der Waals surface area contributed by atoms with Crippen molar-refractivity contribution in [2.45, 2.75) is 39.3 Å². The minimum Gasteiger partial charge on any atom is -0.457 e. The van der Waals surface area contributed by atoms with E-state index in [-0.39, 0.29) is 11.9 Å². The number of aryl methyl sites for hydroxylation is 2.